The molecular weight excluding hydrogens is 230 g/mol. The van der Waals surface area contributed by atoms with Crippen LogP contribution < -0.4 is 16.4 Å². The lowest BCUT2D eigenvalue weighted by Crippen LogP contribution is -2.36. The van der Waals surface area contributed by atoms with E-state index < -0.39 is 0 Å². The van der Waals surface area contributed by atoms with E-state index in [9.17, 15) is 9.59 Å². The minimum absolute atomic E-state index is 0.00959. The topological polar surface area (TPSA) is 84.2 Å². The maximum atomic E-state index is 11.9. The van der Waals surface area contributed by atoms with Crippen LogP contribution in [-0.4, -0.2) is 31.4 Å². The molecule has 1 aliphatic carbocycles. The van der Waals surface area contributed by atoms with E-state index in [0.29, 0.717) is 25.4 Å². The first-order valence-corrected chi connectivity index (χ1v) is 6.91. The van der Waals surface area contributed by atoms with Crippen LogP contribution in [0.15, 0.2) is 0 Å². The van der Waals surface area contributed by atoms with Gasteiger partial charge in [-0.25, -0.2) is 0 Å². The van der Waals surface area contributed by atoms with Gasteiger partial charge in [-0.1, -0.05) is 0 Å². The molecular formula is C13H25N3O2. The zero-order valence-corrected chi connectivity index (χ0v) is 11.2. The van der Waals surface area contributed by atoms with Crippen molar-refractivity contribution in [2.24, 2.45) is 17.6 Å². The van der Waals surface area contributed by atoms with Crippen LogP contribution >= 0.6 is 0 Å². The van der Waals surface area contributed by atoms with Crippen LogP contribution in [0.1, 0.15) is 39.0 Å². The highest BCUT2D eigenvalue weighted by Crippen LogP contribution is 2.27. The van der Waals surface area contributed by atoms with E-state index in [1.807, 2.05) is 6.92 Å². The fourth-order valence-electron chi connectivity index (χ4n) is 2.39. The third-order valence-electron chi connectivity index (χ3n) is 3.58. The van der Waals surface area contributed by atoms with Crippen LogP contribution in [0, 0.1) is 11.8 Å². The number of rotatable bonds is 6. The summed E-state index contributed by atoms with van der Waals surface area (Å²) in [5.41, 5.74) is 5.62. The van der Waals surface area contributed by atoms with E-state index >= 15 is 0 Å². The molecule has 1 fully saturated rings. The summed E-state index contributed by atoms with van der Waals surface area (Å²) in [5, 5.41) is 5.55. The Morgan fingerprint density at radius 3 is 2.39 bits per heavy atom. The van der Waals surface area contributed by atoms with Crippen molar-refractivity contribution in [3.8, 4) is 0 Å². The molecule has 104 valence electrons. The molecule has 1 saturated carbocycles. The van der Waals surface area contributed by atoms with Gasteiger partial charge in [-0.2, -0.15) is 0 Å². The minimum Gasteiger partial charge on any atom is -0.356 e. The molecule has 0 unspecified atom stereocenters. The van der Waals surface area contributed by atoms with Gasteiger partial charge in [0.2, 0.25) is 11.8 Å². The van der Waals surface area contributed by atoms with Gasteiger partial charge < -0.3 is 16.4 Å². The molecule has 2 amide bonds. The van der Waals surface area contributed by atoms with Crippen molar-refractivity contribution in [2.75, 3.05) is 19.6 Å². The van der Waals surface area contributed by atoms with Crippen molar-refractivity contribution >= 4 is 11.8 Å². The maximum absolute atomic E-state index is 11.9. The number of amides is 2. The molecule has 5 nitrogen and oxygen atoms in total. The van der Waals surface area contributed by atoms with E-state index in [1.54, 1.807) is 0 Å². The zero-order chi connectivity index (χ0) is 13.4. The van der Waals surface area contributed by atoms with E-state index in [0.717, 1.165) is 32.2 Å². The number of carbonyl (C=O) groups excluding carboxylic acids is 2. The summed E-state index contributed by atoms with van der Waals surface area (Å²) in [7, 11) is 0. The average Bonchev–Trinajstić information content (AvgIpc) is 2.39. The lowest BCUT2D eigenvalue weighted by Gasteiger charge is -2.26. The highest BCUT2D eigenvalue weighted by Gasteiger charge is 2.25. The average molecular weight is 255 g/mol. The second-order valence-electron chi connectivity index (χ2n) is 4.95. The van der Waals surface area contributed by atoms with Crippen molar-refractivity contribution in [1.82, 2.24) is 10.6 Å². The van der Waals surface area contributed by atoms with Crippen molar-refractivity contribution in [2.45, 2.75) is 39.0 Å². The van der Waals surface area contributed by atoms with E-state index in [1.165, 1.54) is 0 Å². The number of nitrogens with two attached hydrogens (primary N) is 1. The summed E-state index contributed by atoms with van der Waals surface area (Å²) >= 11 is 0. The Morgan fingerprint density at radius 1 is 1.17 bits per heavy atom. The van der Waals surface area contributed by atoms with Crippen LogP contribution in [0.4, 0.5) is 0 Å². The molecule has 0 heterocycles. The molecule has 5 heteroatoms. The smallest absolute Gasteiger partial charge is 0.223 e. The Kier molecular flexibility index (Phi) is 6.72. The summed E-state index contributed by atoms with van der Waals surface area (Å²) in [6, 6.07) is 0. The molecule has 0 spiro atoms. The van der Waals surface area contributed by atoms with Crippen LogP contribution in [0.25, 0.3) is 0 Å². The molecule has 4 N–H and O–H groups in total. The summed E-state index contributed by atoms with van der Waals surface area (Å²) in [6.45, 7) is 3.68. The van der Waals surface area contributed by atoms with Crippen molar-refractivity contribution < 1.29 is 9.59 Å². The molecule has 18 heavy (non-hydrogen) atoms. The van der Waals surface area contributed by atoms with Crippen LogP contribution in [0.3, 0.4) is 0 Å². The van der Waals surface area contributed by atoms with Gasteiger partial charge in [0.1, 0.15) is 0 Å². The molecule has 0 bridgehead atoms. The fraction of sp³-hybridized carbons (Fsp3) is 0.846. The number of nitrogens with one attached hydrogen (secondary N) is 2. The van der Waals surface area contributed by atoms with Gasteiger partial charge in [-0.15, -0.1) is 0 Å². The molecule has 0 radical (unpaired) electrons. The lowest BCUT2D eigenvalue weighted by molar-refractivity contribution is -0.126. The molecule has 0 saturated heterocycles. The standard InChI is InChI=1S/C13H25N3O2/c1-2-15-12(17)7-8-16-13(18)11-5-3-10(9-14)4-6-11/h10-11H,2-9,14H2,1H3,(H,15,17)(H,16,18). The van der Waals surface area contributed by atoms with E-state index in [2.05, 4.69) is 10.6 Å². The first-order valence-electron chi connectivity index (χ1n) is 6.91. The van der Waals surface area contributed by atoms with Gasteiger partial charge in [0.25, 0.3) is 0 Å². The van der Waals surface area contributed by atoms with E-state index in [-0.39, 0.29) is 17.7 Å². The number of carbonyl (C=O) groups is 2. The molecule has 0 atom stereocenters. The monoisotopic (exact) mass is 255 g/mol. The summed E-state index contributed by atoms with van der Waals surface area (Å²) in [4.78, 5) is 23.1. The highest BCUT2D eigenvalue weighted by molar-refractivity contribution is 5.80. The summed E-state index contributed by atoms with van der Waals surface area (Å²) < 4.78 is 0. The first kappa shape index (κ1) is 15.0. The Hall–Kier alpha value is -1.10. The Morgan fingerprint density at radius 2 is 1.83 bits per heavy atom. The van der Waals surface area contributed by atoms with Crippen LogP contribution in [-0.2, 0) is 9.59 Å². The SMILES string of the molecule is CCNC(=O)CCNC(=O)C1CCC(CN)CC1. The third-order valence-corrected chi connectivity index (χ3v) is 3.58. The van der Waals surface area contributed by atoms with Gasteiger partial charge in [0.15, 0.2) is 0 Å². The van der Waals surface area contributed by atoms with Gasteiger partial charge in [-0.05, 0) is 45.1 Å². The molecule has 0 aromatic heterocycles. The molecule has 0 aromatic carbocycles. The number of hydrogen-bond acceptors (Lipinski definition) is 3. The van der Waals surface area contributed by atoms with Crippen LogP contribution in [0.2, 0.25) is 0 Å². The van der Waals surface area contributed by atoms with Crippen molar-refractivity contribution in [1.29, 1.82) is 0 Å². The van der Waals surface area contributed by atoms with E-state index in [4.69, 9.17) is 5.73 Å². The molecule has 1 rings (SSSR count). The van der Waals surface area contributed by atoms with Gasteiger partial charge in [0, 0.05) is 25.4 Å². The van der Waals surface area contributed by atoms with Gasteiger partial charge in [0.05, 0.1) is 0 Å². The first-order chi connectivity index (χ1) is 8.67. The Labute approximate surface area is 109 Å². The zero-order valence-electron chi connectivity index (χ0n) is 11.2. The normalized spacial score (nSPS) is 23.4. The fourth-order valence-corrected chi connectivity index (χ4v) is 2.39. The summed E-state index contributed by atoms with van der Waals surface area (Å²) in [5.74, 6) is 0.783. The Balaban J connectivity index is 2.15. The van der Waals surface area contributed by atoms with Gasteiger partial charge in [-0.3, -0.25) is 9.59 Å². The molecule has 0 aromatic rings. The number of hydrogen-bond donors (Lipinski definition) is 3. The van der Waals surface area contributed by atoms with Crippen molar-refractivity contribution in [3.63, 3.8) is 0 Å². The highest BCUT2D eigenvalue weighted by atomic mass is 16.2. The predicted octanol–water partition coefficient (Wildman–Crippen LogP) is 0.394. The Bertz CT molecular complexity index is 273. The quantitative estimate of drug-likeness (QED) is 0.642. The largest absolute Gasteiger partial charge is 0.356 e. The maximum Gasteiger partial charge on any atom is 0.223 e. The molecule has 1 aliphatic rings. The lowest BCUT2D eigenvalue weighted by atomic mass is 9.81. The van der Waals surface area contributed by atoms with Crippen molar-refractivity contribution in [3.05, 3.63) is 0 Å². The van der Waals surface area contributed by atoms with Gasteiger partial charge >= 0.3 is 0 Å². The second-order valence-corrected chi connectivity index (χ2v) is 4.95. The van der Waals surface area contributed by atoms with Crippen LogP contribution in [0.5, 0.6) is 0 Å². The predicted molar refractivity (Wildman–Crippen MR) is 70.8 cm³/mol. The minimum atomic E-state index is -0.00959. The molecule has 0 aliphatic heterocycles. The second kappa shape index (κ2) is 8.08. The third kappa shape index (κ3) is 5.04. The summed E-state index contributed by atoms with van der Waals surface area (Å²) in [6.07, 6.45) is 4.30.